The van der Waals surface area contributed by atoms with E-state index in [-0.39, 0.29) is 12.8 Å². The lowest BCUT2D eigenvalue weighted by Gasteiger charge is -2.18. The highest BCUT2D eigenvalue weighted by molar-refractivity contribution is 7.47. The molecule has 0 radical (unpaired) electrons. The number of esters is 1. The maximum Gasteiger partial charge on any atom is 0.472 e. The van der Waals surface area contributed by atoms with Crippen LogP contribution < -0.4 is 5.32 Å². The summed E-state index contributed by atoms with van der Waals surface area (Å²) >= 11 is 0. The second-order valence-corrected chi connectivity index (χ2v) is 15.6. The zero-order chi connectivity index (χ0) is 43.5. The van der Waals surface area contributed by atoms with Gasteiger partial charge in [-0.05, 0) is 89.9 Å². The highest BCUT2D eigenvalue weighted by atomic mass is 31.2. The van der Waals surface area contributed by atoms with E-state index in [1.54, 1.807) is 0 Å². The molecule has 3 unspecified atom stereocenters. The quantitative estimate of drug-likeness (QED) is 0.0202. The Bertz CT molecular complexity index is 1360. The van der Waals surface area contributed by atoms with Crippen LogP contribution in [-0.4, -0.2) is 64.9 Å². The minimum absolute atomic E-state index is 0.0589. The van der Waals surface area contributed by atoms with Gasteiger partial charge in [0.1, 0.15) is 12.7 Å². The second-order valence-electron chi connectivity index (χ2n) is 14.1. The molecule has 11 nitrogen and oxygen atoms in total. The van der Waals surface area contributed by atoms with E-state index in [1.807, 2.05) is 12.2 Å². The molecule has 0 spiro atoms. The molecule has 334 valence electrons. The molecule has 0 saturated heterocycles. The van der Waals surface area contributed by atoms with Gasteiger partial charge >= 0.3 is 19.8 Å². The van der Waals surface area contributed by atoms with Crippen LogP contribution in [0.1, 0.15) is 149 Å². The summed E-state index contributed by atoms with van der Waals surface area (Å²) in [7, 11) is -4.78. The Morgan fingerprint density at radius 2 is 1.00 bits per heavy atom. The van der Waals surface area contributed by atoms with Crippen LogP contribution >= 0.6 is 7.82 Å². The van der Waals surface area contributed by atoms with E-state index in [0.29, 0.717) is 19.3 Å². The minimum atomic E-state index is -4.78. The lowest BCUT2D eigenvalue weighted by molar-refractivity contribution is -0.147. The van der Waals surface area contributed by atoms with Crippen LogP contribution in [0, 0.1) is 0 Å². The lowest BCUT2D eigenvalue weighted by atomic mass is 10.1. The standard InChI is InChI=1S/C47H76NO10P/c1-3-5-7-9-11-13-15-17-18-19-20-21-22-23-24-25-26-27-28-30-32-34-36-38-45(50)48-44(47(52)53)42-58-59(54,55)57-41-43(49)40-56-46(51)39-37-35-33-31-29-16-14-12-10-8-6-4-2/h5,7,11-14,17-18,20-21,23-24,26-27,30,32,43-44,49H,3-4,6,8-10,15-16,19,22,25,28-29,31,33-42H2,1-2H3,(H,48,50)(H,52,53)(H,54,55)/b7-5-,13-11-,14-12-,18-17-,21-20-,24-23-,27-26-,32-30-. The van der Waals surface area contributed by atoms with Crippen molar-refractivity contribution in [3.05, 3.63) is 97.2 Å². The first-order valence-electron chi connectivity index (χ1n) is 21.8. The van der Waals surface area contributed by atoms with E-state index in [0.717, 1.165) is 83.5 Å². The van der Waals surface area contributed by atoms with Crippen molar-refractivity contribution < 1.29 is 47.8 Å². The van der Waals surface area contributed by atoms with Gasteiger partial charge in [-0.2, -0.15) is 0 Å². The fourth-order valence-electron chi connectivity index (χ4n) is 5.24. The highest BCUT2D eigenvalue weighted by Crippen LogP contribution is 2.43. The number of hydrogen-bond donors (Lipinski definition) is 4. The largest absolute Gasteiger partial charge is 0.480 e. The molecule has 0 aromatic rings. The van der Waals surface area contributed by atoms with Gasteiger partial charge in [0.2, 0.25) is 5.91 Å². The van der Waals surface area contributed by atoms with Gasteiger partial charge in [0.05, 0.1) is 13.2 Å². The third kappa shape index (κ3) is 40.9. The number of aliphatic hydroxyl groups is 1. The predicted octanol–water partition coefficient (Wildman–Crippen LogP) is 11.3. The number of nitrogens with one attached hydrogen (secondary N) is 1. The molecule has 3 atom stereocenters. The average molecular weight is 846 g/mol. The molecule has 0 aliphatic rings. The third-order valence-electron chi connectivity index (χ3n) is 8.61. The maximum atomic E-state index is 12.3. The van der Waals surface area contributed by atoms with E-state index in [1.165, 1.54) is 19.3 Å². The summed E-state index contributed by atoms with van der Waals surface area (Å²) in [6.45, 7) is 2.38. The van der Waals surface area contributed by atoms with E-state index in [4.69, 9.17) is 13.8 Å². The topological polar surface area (TPSA) is 169 Å². The first-order valence-corrected chi connectivity index (χ1v) is 23.3. The van der Waals surface area contributed by atoms with Crippen LogP contribution in [0.15, 0.2) is 97.2 Å². The van der Waals surface area contributed by atoms with Crippen molar-refractivity contribution in [3.63, 3.8) is 0 Å². The first kappa shape index (κ1) is 55.4. The van der Waals surface area contributed by atoms with Gasteiger partial charge in [-0.25, -0.2) is 9.36 Å². The minimum Gasteiger partial charge on any atom is -0.480 e. The number of ether oxygens (including phenoxy) is 1. The molecule has 0 aliphatic heterocycles. The van der Waals surface area contributed by atoms with Gasteiger partial charge in [0.15, 0.2) is 6.04 Å². The van der Waals surface area contributed by atoms with Crippen molar-refractivity contribution in [2.45, 2.75) is 161 Å². The zero-order valence-corrected chi connectivity index (χ0v) is 36.9. The van der Waals surface area contributed by atoms with Crippen LogP contribution in [-0.2, 0) is 32.7 Å². The summed E-state index contributed by atoms with van der Waals surface area (Å²) in [5.41, 5.74) is 0. The molecule has 0 aromatic carbocycles. The molecule has 0 bridgehead atoms. The number of carboxylic acid groups (broad SMARTS) is 1. The number of amides is 1. The highest BCUT2D eigenvalue weighted by Gasteiger charge is 2.28. The van der Waals surface area contributed by atoms with Crippen molar-refractivity contribution in [1.29, 1.82) is 0 Å². The van der Waals surface area contributed by atoms with Gasteiger partial charge in [-0.3, -0.25) is 18.6 Å². The molecule has 12 heteroatoms. The third-order valence-corrected chi connectivity index (χ3v) is 9.56. The zero-order valence-electron chi connectivity index (χ0n) is 36.0. The molecule has 0 saturated carbocycles. The number of carbonyl (C=O) groups excluding carboxylic acids is 2. The normalized spacial score (nSPS) is 14.6. The van der Waals surface area contributed by atoms with Gasteiger partial charge in [0.25, 0.3) is 0 Å². The molecular weight excluding hydrogens is 769 g/mol. The Morgan fingerprint density at radius 1 is 0.559 bits per heavy atom. The van der Waals surface area contributed by atoms with Crippen molar-refractivity contribution in [1.82, 2.24) is 5.32 Å². The number of aliphatic hydroxyl groups excluding tert-OH is 1. The SMILES string of the molecule is CC/C=C\C/C=C\C/C=C\C/C=C\C/C=C\C/C=C\C/C=C\CCCC(=O)NC(COP(=O)(O)OCC(O)COC(=O)CCCCCCC/C=C\CCCCC)C(=O)O. The fraction of sp³-hybridized carbons (Fsp3) is 0.596. The fourth-order valence-corrected chi connectivity index (χ4v) is 6.01. The summed E-state index contributed by atoms with van der Waals surface area (Å²) in [6, 6.07) is -1.58. The van der Waals surface area contributed by atoms with E-state index in [2.05, 4.69) is 104 Å². The number of rotatable bonds is 39. The number of phosphoric ester groups is 1. The number of allylic oxidation sites excluding steroid dienone is 16. The summed E-state index contributed by atoms with van der Waals surface area (Å²) < 4.78 is 26.8. The molecular formula is C47H76NO10P. The van der Waals surface area contributed by atoms with Crippen LogP contribution in [0.4, 0.5) is 0 Å². The predicted molar refractivity (Wildman–Crippen MR) is 240 cm³/mol. The van der Waals surface area contributed by atoms with Crippen LogP contribution in [0.2, 0.25) is 0 Å². The van der Waals surface area contributed by atoms with Crippen molar-refractivity contribution in [2.75, 3.05) is 19.8 Å². The van der Waals surface area contributed by atoms with Gasteiger partial charge in [-0.1, -0.05) is 143 Å². The summed E-state index contributed by atoms with van der Waals surface area (Å²) in [5.74, 6) is -2.48. The lowest BCUT2D eigenvalue weighted by Crippen LogP contribution is -2.43. The van der Waals surface area contributed by atoms with Gasteiger partial charge < -0.3 is 25.2 Å². The number of carbonyl (C=O) groups is 3. The maximum absolute atomic E-state index is 12.3. The molecule has 59 heavy (non-hydrogen) atoms. The Morgan fingerprint density at radius 3 is 1.53 bits per heavy atom. The molecule has 0 aliphatic carbocycles. The Kier molecular flexibility index (Phi) is 38.6. The number of carboxylic acids is 1. The van der Waals surface area contributed by atoms with E-state index in [9.17, 15) is 34.1 Å². The smallest absolute Gasteiger partial charge is 0.472 e. The van der Waals surface area contributed by atoms with Crippen molar-refractivity contribution in [2.24, 2.45) is 0 Å². The van der Waals surface area contributed by atoms with Crippen LogP contribution in [0.3, 0.4) is 0 Å². The summed E-state index contributed by atoms with van der Waals surface area (Å²) in [5, 5.41) is 21.8. The molecule has 0 heterocycles. The Labute approximate surface area is 355 Å². The number of hydrogen-bond acceptors (Lipinski definition) is 8. The van der Waals surface area contributed by atoms with E-state index >= 15 is 0 Å². The van der Waals surface area contributed by atoms with E-state index < -0.39 is 57.6 Å². The number of phosphoric acid groups is 1. The van der Waals surface area contributed by atoms with Crippen molar-refractivity contribution in [3.8, 4) is 0 Å². The molecule has 0 fully saturated rings. The number of unbranched alkanes of at least 4 members (excludes halogenated alkanes) is 9. The number of aliphatic carboxylic acids is 1. The first-order chi connectivity index (χ1) is 28.6. The van der Waals surface area contributed by atoms with Gasteiger partial charge in [0, 0.05) is 12.8 Å². The Balaban J connectivity index is 4.05. The monoisotopic (exact) mass is 846 g/mol. The van der Waals surface area contributed by atoms with Gasteiger partial charge in [-0.15, -0.1) is 0 Å². The second kappa shape index (κ2) is 41.1. The molecule has 4 N–H and O–H groups in total. The summed E-state index contributed by atoms with van der Waals surface area (Å²) in [4.78, 5) is 45.8. The Hall–Kier alpha value is -3.60. The molecule has 0 rings (SSSR count). The molecule has 1 amide bonds. The summed E-state index contributed by atoms with van der Waals surface area (Å²) in [6.07, 6.45) is 51.6. The van der Waals surface area contributed by atoms with Crippen LogP contribution in [0.5, 0.6) is 0 Å². The average Bonchev–Trinajstić information content (AvgIpc) is 3.21. The molecule has 0 aromatic heterocycles. The van der Waals surface area contributed by atoms with Crippen LogP contribution in [0.25, 0.3) is 0 Å². The van der Waals surface area contributed by atoms with Crippen molar-refractivity contribution >= 4 is 25.7 Å².